The molecule has 0 aromatic heterocycles. The van der Waals surface area contributed by atoms with Crippen molar-refractivity contribution < 1.29 is 18.1 Å². The SMILES string of the molecule is N[C@@H](Cc1ccccc1)[C@H](O)NCCS(=O)(=O)O. The third-order valence-corrected chi connectivity index (χ3v) is 3.15. The highest BCUT2D eigenvalue weighted by molar-refractivity contribution is 7.85. The highest BCUT2D eigenvalue weighted by atomic mass is 32.2. The summed E-state index contributed by atoms with van der Waals surface area (Å²) in [5.41, 5.74) is 6.76. The number of nitrogens with one attached hydrogen (secondary N) is 1. The summed E-state index contributed by atoms with van der Waals surface area (Å²) in [6, 6.07) is 8.87. The first kappa shape index (κ1) is 15.1. The molecule has 0 aliphatic rings. The van der Waals surface area contributed by atoms with Gasteiger partial charge in [0.25, 0.3) is 10.1 Å². The largest absolute Gasteiger partial charge is 0.377 e. The molecule has 0 aliphatic carbocycles. The Balaban J connectivity index is 2.35. The van der Waals surface area contributed by atoms with Crippen molar-refractivity contribution in [3.63, 3.8) is 0 Å². The number of benzene rings is 1. The molecular weight excluding hydrogens is 256 g/mol. The van der Waals surface area contributed by atoms with E-state index in [-0.39, 0.29) is 6.54 Å². The first-order chi connectivity index (χ1) is 8.38. The van der Waals surface area contributed by atoms with Crippen molar-refractivity contribution in [2.24, 2.45) is 5.73 Å². The third kappa shape index (κ3) is 6.08. The first-order valence-corrected chi connectivity index (χ1v) is 7.15. The van der Waals surface area contributed by atoms with Crippen LogP contribution in [0.3, 0.4) is 0 Å². The molecule has 7 heteroatoms. The van der Waals surface area contributed by atoms with E-state index >= 15 is 0 Å². The van der Waals surface area contributed by atoms with Gasteiger partial charge in [-0.3, -0.25) is 9.87 Å². The van der Waals surface area contributed by atoms with Gasteiger partial charge < -0.3 is 10.8 Å². The summed E-state index contributed by atoms with van der Waals surface area (Å²) < 4.78 is 29.5. The van der Waals surface area contributed by atoms with Crippen molar-refractivity contribution in [2.75, 3.05) is 12.3 Å². The van der Waals surface area contributed by atoms with E-state index < -0.39 is 28.1 Å². The van der Waals surface area contributed by atoms with Gasteiger partial charge in [-0.15, -0.1) is 0 Å². The minimum absolute atomic E-state index is 0.0531. The van der Waals surface area contributed by atoms with Crippen molar-refractivity contribution >= 4 is 10.1 Å². The average Bonchev–Trinajstić information content (AvgIpc) is 2.28. The molecule has 0 saturated carbocycles. The van der Waals surface area contributed by atoms with Crippen LogP contribution in [0.15, 0.2) is 30.3 Å². The smallest absolute Gasteiger partial charge is 0.266 e. The van der Waals surface area contributed by atoms with Gasteiger partial charge in [0.05, 0.1) is 5.75 Å². The van der Waals surface area contributed by atoms with Crippen molar-refractivity contribution in [2.45, 2.75) is 18.7 Å². The number of rotatable bonds is 7. The normalized spacial score (nSPS) is 15.3. The maximum Gasteiger partial charge on any atom is 0.266 e. The predicted molar refractivity (Wildman–Crippen MR) is 68.5 cm³/mol. The van der Waals surface area contributed by atoms with Gasteiger partial charge in [-0.2, -0.15) is 8.42 Å². The summed E-state index contributed by atoms with van der Waals surface area (Å²) >= 11 is 0. The molecule has 1 aromatic rings. The van der Waals surface area contributed by atoms with Gasteiger partial charge in [0.1, 0.15) is 6.23 Å². The molecule has 18 heavy (non-hydrogen) atoms. The van der Waals surface area contributed by atoms with Gasteiger partial charge >= 0.3 is 0 Å². The van der Waals surface area contributed by atoms with E-state index in [1.54, 1.807) is 0 Å². The average molecular weight is 274 g/mol. The second kappa shape index (κ2) is 6.81. The Kier molecular flexibility index (Phi) is 5.70. The third-order valence-electron chi connectivity index (χ3n) is 2.43. The van der Waals surface area contributed by atoms with E-state index in [1.807, 2.05) is 30.3 Å². The van der Waals surface area contributed by atoms with Crippen LogP contribution < -0.4 is 11.1 Å². The second-order valence-electron chi connectivity index (χ2n) is 4.04. The van der Waals surface area contributed by atoms with Gasteiger partial charge in [0.15, 0.2) is 0 Å². The van der Waals surface area contributed by atoms with E-state index in [4.69, 9.17) is 10.3 Å². The second-order valence-corrected chi connectivity index (χ2v) is 5.61. The van der Waals surface area contributed by atoms with Gasteiger partial charge in [-0.25, -0.2) is 0 Å². The van der Waals surface area contributed by atoms with Crippen LogP contribution in [-0.4, -0.2) is 42.6 Å². The van der Waals surface area contributed by atoms with Crippen LogP contribution in [0.5, 0.6) is 0 Å². The van der Waals surface area contributed by atoms with Crippen LogP contribution in [-0.2, 0) is 16.5 Å². The Hall–Kier alpha value is -0.990. The summed E-state index contributed by atoms with van der Waals surface area (Å²) in [4.78, 5) is 0. The fourth-order valence-corrected chi connectivity index (χ4v) is 1.86. The van der Waals surface area contributed by atoms with Crippen LogP contribution in [0.2, 0.25) is 0 Å². The van der Waals surface area contributed by atoms with Crippen LogP contribution in [0.4, 0.5) is 0 Å². The first-order valence-electron chi connectivity index (χ1n) is 5.54. The van der Waals surface area contributed by atoms with Crippen molar-refractivity contribution in [1.82, 2.24) is 5.32 Å². The van der Waals surface area contributed by atoms with Crippen LogP contribution >= 0.6 is 0 Å². The monoisotopic (exact) mass is 274 g/mol. The van der Waals surface area contributed by atoms with Crippen LogP contribution in [0, 0.1) is 0 Å². The standard InChI is InChI=1S/C11H18N2O4S/c12-10(8-9-4-2-1-3-5-9)11(14)13-6-7-18(15,16)17/h1-5,10-11,13-14H,6-8,12H2,(H,15,16,17)/t10-,11-/m0/s1. The predicted octanol–water partition coefficient (Wildman–Crippen LogP) is -0.648. The molecule has 1 rings (SSSR count). The molecule has 0 bridgehead atoms. The van der Waals surface area contributed by atoms with E-state index in [2.05, 4.69) is 5.32 Å². The lowest BCUT2D eigenvalue weighted by molar-refractivity contribution is 0.111. The highest BCUT2D eigenvalue weighted by Gasteiger charge is 2.15. The van der Waals surface area contributed by atoms with Gasteiger partial charge in [-0.1, -0.05) is 30.3 Å². The van der Waals surface area contributed by atoms with Crippen molar-refractivity contribution in [3.05, 3.63) is 35.9 Å². The lowest BCUT2D eigenvalue weighted by Crippen LogP contribution is -2.47. The Bertz CT molecular complexity index is 449. The highest BCUT2D eigenvalue weighted by Crippen LogP contribution is 2.03. The molecule has 5 N–H and O–H groups in total. The fraction of sp³-hybridized carbons (Fsp3) is 0.455. The summed E-state index contributed by atoms with van der Waals surface area (Å²) in [5.74, 6) is -0.456. The summed E-state index contributed by atoms with van der Waals surface area (Å²) in [6.45, 7) is -0.0531. The molecule has 0 aliphatic heterocycles. The molecule has 0 heterocycles. The Morgan fingerprint density at radius 3 is 2.44 bits per heavy atom. The molecule has 0 spiro atoms. The van der Waals surface area contributed by atoms with Crippen LogP contribution in [0.25, 0.3) is 0 Å². The molecule has 0 fully saturated rings. The topological polar surface area (TPSA) is 113 Å². The molecule has 0 unspecified atom stereocenters. The number of hydrogen-bond acceptors (Lipinski definition) is 5. The summed E-state index contributed by atoms with van der Waals surface area (Å²) in [5, 5.41) is 12.2. The maximum atomic E-state index is 10.5. The van der Waals surface area contributed by atoms with Gasteiger partial charge in [0.2, 0.25) is 0 Å². The molecule has 2 atom stereocenters. The van der Waals surface area contributed by atoms with E-state index in [0.717, 1.165) is 5.56 Å². The quantitative estimate of drug-likeness (QED) is 0.388. The molecule has 102 valence electrons. The molecule has 0 saturated heterocycles. The minimum Gasteiger partial charge on any atom is -0.377 e. The molecular formula is C11H18N2O4S. The number of hydrogen-bond donors (Lipinski definition) is 4. The van der Waals surface area contributed by atoms with E-state index in [1.165, 1.54) is 0 Å². The molecule has 1 aromatic carbocycles. The van der Waals surface area contributed by atoms with E-state index in [0.29, 0.717) is 6.42 Å². The lowest BCUT2D eigenvalue weighted by Gasteiger charge is -2.19. The van der Waals surface area contributed by atoms with Gasteiger partial charge in [0, 0.05) is 12.6 Å². The number of nitrogens with two attached hydrogens (primary N) is 1. The zero-order valence-electron chi connectivity index (χ0n) is 9.86. The zero-order valence-corrected chi connectivity index (χ0v) is 10.7. The van der Waals surface area contributed by atoms with Gasteiger partial charge in [-0.05, 0) is 12.0 Å². The van der Waals surface area contributed by atoms with E-state index in [9.17, 15) is 13.5 Å². The lowest BCUT2D eigenvalue weighted by atomic mass is 10.1. The van der Waals surface area contributed by atoms with Crippen molar-refractivity contribution in [1.29, 1.82) is 0 Å². The zero-order chi connectivity index (χ0) is 13.6. The summed E-state index contributed by atoms with van der Waals surface area (Å²) in [7, 11) is -4.02. The number of aliphatic hydroxyl groups excluding tert-OH is 1. The van der Waals surface area contributed by atoms with Crippen molar-refractivity contribution in [3.8, 4) is 0 Å². The number of aliphatic hydroxyl groups is 1. The summed E-state index contributed by atoms with van der Waals surface area (Å²) in [6.07, 6.45) is -0.548. The Morgan fingerprint density at radius 1 is 1.28 bits per heavy atom. The Labute approximate surface area is 107 Å². The molecule has 0 radical (unpaired) electrons. The molecule has 0 amide bonds. The van der Waals surface area contributed by atoms with Crippen LogP contribution in [0.1, 0.15) is 5.56 Å². The Morgan fingerprint density at radius 2 is 1.89 bits per heavy atom. The molecule has 6 nitrogen and oxygen atoms in total. The minimum atomic E-state index is -4.02. The maximum absolute atomic E-state index is 10.5. The fourth-order valence-electron chi connectivity index (χ4n) is 1.49.